The van der Waals surface area contributed by atoms with Crippen LogP contribution in [0.5, 0.6) is 0 Å². The van der Waals surface area contributed by atoms with E-state index >= 15 is 0 Å². The number of benzene rings is 1. The Hall–Kier alpha value is -2.09. The largest absolute Gasteiger partial charge is 0.480 e. The van der Waals surface area contributed by atoms with Crippen LogP contribution in [0, 0.1) is 0 Å². The molecule has 8 heteroatoms. The number of halogens is 3. The molecule has 5 nitrogen and oxygen atoms in total. The molecule has 1 rings (SSSR count). The highest BCUT2D eigenvalue weighted by atomic mass is 19.4. The lowest BCUT2D eigenvalue weighted by molar-refractivity contribution is -0.139. The molecule has 20 heavy (non-hydrogen) atoms. The zero-order valence-corrected chi connectivity index (χ0v) is 10.3. The quantitative estimate of drug-likeness (QED) is 0.771. The zero-order chi connectivity index (χ0) is 15.3. The number of carboxylic acids is 1. The van der Waals surface area contributed by atoms with Gasteiger partial charge in [-0.2, -0.15) is 13.2 Å². The Balaban J connectivity index is 2.53. The maximum absolute atomic E-state index is 12.3. The first kappa shape index (κ1) is 16.0. The van der Waals surface area contributed by atoms with Crippen LogP contribution in [0.4, 0.5) is 18.9 Å². The number of carbonyl (C=O) groups is 2. The van der Waals surface area contributed by atoms with Crippen molar-refractivity contribution in [2.24, 2.45) is 5.73 Å². The normalized spacial score (nSPS) is 12.8. The summed E-state index contributed by atoms with van der Waals surface area (Å²) in [6.07, 6.45) is -4.62. The van der Waals surface area contributed by atoms with E-state index in [9.17, 15) is 22.8 Å². The molecule has 4 N–H and O–H groups in total. The minimum absolute atomic E-state index is 0.0538. The van der Waals surface area contributed by atoms with E-state index in [0.29, 0.717) is 0 Å². The highest BCUT2D eigenvalue weighted by Gasteiger charge is 2.29. The van der Waals surface area contributed by atoms with Gasteiger partial charge in [0.25, 0.3) is 0 Å². The molecule has 0 aliphatic rings. The number of nitrogens with one attached hydrogen (secondary N) is 1. The summed E-state index contributed by atoms with van der Waals surface area (Å²) in [6.45, 7) is 0. The molecule has 0 unspecified atom stereocenters. The van der Waals surface area contributed by atoms with Gasteiger partial charge in [-0.25, -0.2) is 0 Å². The van der Waals surface area contributed by atoms with Gasteiger partial charge in [-0.1, -0.05) is 0 Å². The fraction of sp³-hybridized carbons (Fsp3) is 0.333. The molecule has 0 spiro atoms. The van der Waals surface area contributed by atoms with Gasteiger partial charge in [0.05, 0.1) is 5.56 Å². The molecule has 1 atom stereocenters. The Morgan fingerprint density at radius 1 is 1.25 bits per heavy atom. The number of alkyl halides is 3. The average molecular weight is 290 g/mol. The summed E-state index contributed by atoms with van der Waals surface area (Å²) in [5.41, 5.74) is 4.61. The lowest BCUT2D eigenvalue weighted by Crippen LogP contribution is -2.31. The highest BCUT2D eigenvalue weighted by Crippen LogP contribution is 2.29. The second-order valence-electron chi connectivity index (χ2n) is 4.11. The third-order valence-corrected chi connectivity index (χ3v) is 2.50. The Morgan fingerprint density at radius 3 is 2.25 bits per heavy atom. The predicted molar refractivity (Wildman–Crippen MR) is 64.9 cm³/mol. The fourth-order valence-corrected chi connectivity index (χ4v) is 1.38. The molecule has 110 valence electrons. The molecule has 1 aromatic rings. The van der Waals surface area contributed by atoms with E-state index in [4.69, 9.17) is 10.8 Å². The van der Waals surface area contributed by atoms with Crippen molar-refractivity contribution in [2.45, 2.75) is 25.1 Å². The van der Waals surface area contributed by atoms with Gasteiger partial charge in [0, 0.05) is 12.1 Å². The molecular weight excluding hydrogens is 277 g/mol. The molecule has 1 aromatic carbocycles. The maximum atomic E-state index is 12.3. The fourth-order valence-electron chi connectivity index (χ4n) is 1.38. The molecule has 0 bridgehead atoms. The molecule has 1 amide bonds. The third kappa shape index (κ3) is 4.88. The molecular formula is C12H13F3N2O3. The van der Waals surface area contributed by atoms with Crippen LogP contribution < -0.4 is 11.1 Å². The Bertz CT molecular complexity index is 486. The number of hydrogen-bond donors (Lipinski definition) is 3. The number of rotatable bonds is 5. The molecule has 0 saturated carbocycles. The molecule has 0 fully saturated rings. The molecule has 0 heterocycles. The Kier molecular flexibility index (Phi) is 5.09. The minimum atomic E-state index is -4.43. The summed E-state index contributed by atoms with van der Waals surface area (Å²) in [6, 6.07) is 2.79. The first-order chi connectivity index (χ1) is 9.20. The van der Waals surface area contributed by atoms with Crippen LogP contribution in [0.25, 0.3) is 0 Å². The van der Waals surface area contributed by atoms with Gasteiger partial charge in [0.15, 0.2) is 0 Å². The summed E-state index contributed by atoms with van der Waals surface area (Å²) in [5, 5.41) is 10.9. The summed E-state index contributed by atoms with van der Waals surface area (Å²) in [4.78, 5) is 21.9. The number of aliphatic carboxylic acids is 1. The summed E-state index contributed by atoms with van der Waals surface area (Å²) < 4.78 is 36.9. The van der Waals surface area contributed by atoms with Crippen LogP contribution in [0.2, 0.25) is 0 Å². The van der Waals surface area contributed by atoms with Crippen molar-refractivity contribution in [3.63, 3.8) is 0 Å². The Morgan fingerprint density at radius 2 is 1.80 bits per heavy atom. The van der Waals surface area contributed by atoms with Gasteiger partial charge >= 0.3 is 12.1 Å². The molecule has 0 radical (unpaired) electrons. The number of hydrogen-bond acceptors (Lipinski definition) is 3. The van der Waals surface area contributed by atoms with Gasteiger partial charge in [-0.05, 0) is 30.7 Å². The van der Waals surface area contributed by atoms with Crippen LogP contribution >= 0.6 is 0 Å². The van der Waals surface area contributed by atoms with Gasteiger partial charge in [-0.3, -0.25) is 9.59 Å². The highest BCUT2D eigenvalue weighted by molar-refractivity contribution is 5.91. The van der Waals surface area contributed by atoms with E-state index in [1.807, 2.05) is 0 Å². The number of carbonyl (C=O) groups excluding carboxylic acids is 1. The monoisotopic (exact) mass is 290 g/mol. The van der Waals surface area contributed by atoms with Crippen molar-refractivity contribution >= 4 is 17.6 Å². The number of nitrogens with two attached hydrogens (primary N) is 1. The van der Waals surface area contributed by atoms with E-state index in [1.165, 1.54) is 0 Å². The molecule has 0 aromatic heterocycles. The van der Waals surface area contributed by atoms with Gasteiger partial charge in [-0.15, -0.1) is 0 Å². The first-order valence-electron chi connectivity index (χ1n) is 5.65. The second-order valence-corrected chi connectivity index (χ2v) is 4.11. The van der Waals surface area contributed by atoms with Crippen molar-refractivity contribution in [1.29, 1.82) is 0 Å². The smallest absolute Gasteiger partial charge is 0.416 e. The summed E-state index contributed by atoms with van der Waals surface area (Å²) >= 11 is 0. The van der Waals surface area contributed by atoms with Crippen molar-refractivity contribution in [3.8, 4) is 0 Å². The van der Waals surface area contributed by atoms with Crippen molar-refractivity contribution < 1.29 is 27.9 Å². The van der Waals surface area contributed by atoms with Gasteiger partial charge in [0.2, 0.25) is 5.91 Å². The van der Waals surface area contributed by atoms with Crippen molar-refractivity contribution in [3.05, 3.63) is 29.8 Å². The van der Waals surface area contributed by atoms with Crippen molar-refractivity contribution in [2.75, 3.05) is 5.32 Å². The van der Waals surface area contributed by atoms with Crippen LogP contribution in [0.1, 0.15) is 18.4 Å². The average Bonchev–Trinajstić information content (AvgIpc) is 2.35. The standard InChI is InChI=1S/C12H13F3N2O3/c13-12(14,15)7-1-3-8(4-2-7)17-10(18)6-5-9(16)11(19)20/h1-4,9H,5-6,16H2,(H,17,18)(H,19,20)/t9-/m0/s1. The van der Waals surface area contributed by atoms with Crippen LogP contribution in [-0.4, -0.2) is 23.0 Å². The topological polar surface area (TPSA) is 92.4 Å². The number of anilines is 1. The minimum Gasteiger partial charge on any atom is -0.480 e. The number of amides is 1. The summed E-state index contributed by atoms with van der Waals surface area (Å²) in [7, 11) is 0. The Labute approximate surface area is 112 Å². The van der Waals surface area contributed by atoms with E-state index in [0.717, 1.165) is 24.3 Å². The maximum Gasteiger partial charge on any atom is 0.416 e. The molecule has 0 aliphatic heterocycles. The van der Waals surface area contributed by atoms with E-state index in [2.05, 4.69) is 5.32 Å². The third-order valence-electron chi connectivity index (χ3n) is 2.50. The van der Waals surface area contributed by atoms with E-state index < -0.39 is 29.7 Å². The lowest BCUT2D eigenvalue weighted by Gasteiger charge is -2.09. The van der Waals surface area contributed by atoms with Crippen LogP contribution in [-0.2, 0) is 15.8 Å². The van der Waals surface area contributed by atoms with Gasteiger partial charge < -0.3 is 16.2 Å². The van der Waals surface area contributed by atoms with E-state index in [-0.39, 0.29) is 18.5 Å². The first-order valence-corrected chi connectivity index (χ1v) is 5.65. The lowest BCUT2D eigenvalue weighted by atomic mass is 10.1. The van der Waals surface area contributed by atoms with Crippen molar-refractivity contribution in [1.82, 2.24) is 0 Å². The van der Waals surface area contributed by atoms with Gasteiger partial charge in [0.1, 0.15) is 6.04 Å². The molecule has 0 aliphatic carbocycles. The van der Waals surface area contributed by atoms with Crippen LogP contribution in [0.15, 0.2) is 24.3 Å². The van der Waals surface area contributed by atoms with Crippen LogP contribution in [0.3, 0.4) is 0 Å². The molecule has 0 saturated heterocycles. The predicted octanol–water partition coefficient (Wildman–Crippen LogP) is 1.84. The summed E-state index contributed by atoms with van der Waals surface area (Å²) in [5.74, 6) is -1.73. The zero-order valence-electron chi connectivity index (χ0n) is 10.3. The van der Waals surface area contributed by atoms with E-state index in [1.54, 1.807) is 0 Å². The second kappa shape index (κ2) is 6.38. The number of carboxylic acid groups (broad SMARTS) is 1. The SMILES string of the molecule is N[C@@H](CCC(=O)Nc1ccc(C(F)(F)F)cc1)C(=O)O.